The number of hydrazone groups is 1. The molecule has 0 aliphatic carbocycles. The predicted octanol–water partition coefficient (Wildman–Crippen LogP) is 4.13. The molecule has 0 atom stereocenters. The van der Waals surface area contributed by atoms with Gasteiger partial charge in [0, 0.05) is 0 Å². The summed E-state index contributed by atoms with van der Waals surface area (Å²) in [6.45, 7) is 1.90. The van der Waals surface area contributed by atoms with Crippen molar-refractivity contribution >= 4 is 18.1 Å². The van der Waals surface area contributed by atoms with Crippen LogP contribution in [0.25, 0.3) is 0 Å². The zero-order valence-electron chi connectivity index (χ0n) is 17.7. The van der Waals surface area contributed by atoms with Crippen LogP contribution in [0.3, 0.4) is 0 Å². The van der Waals surface area contributed by atoms with E-state index in [-0.39, 0.29) is 17.1 Å². The van der Waals surface area contributed by atoms with E-state index in [1.165, 1.54) is 44.7 Å². The van der Waals surface area contributed by atoms with Crippen molar-refractivity contribution in [1.29, 1.82) is 0 Å². The maximum atomic E-state index is 13.3. The average molecular weight is 436 g/mol. The van der Waals surface area contributed by atoms with Gasteiger partial charge in [0.1, 0.15) is 11.6 Å². The van der Waals surface area contributed by atoms with Crippen molar-refractivity contribution in [3.8, 4) is 17.2 Å². The molecular formula is C24H21FN2O5. The number of aryl methyl sites for hydroxylation is 1. The van der Waals surface area contributed by atoms with E-state index in [0.717, 1.165) is 11.6 Å². The summed E-state index contributed by atoms with van der Waals surface area (Å²) in [4.78, 5) is 24.6. The van der Waals surface area contributed by atoms with Gasteiger partial charge in [-0.3, -0.25) is 4.79 Å². The van der Waals surface area contributed by atoms with Gasteiger partial charge >= 0.3 is 5.97 Å². The maximum Gasteiger partial charge on any atom is 0.343 e. The van der Waals surface area contributed by atoms with Crippen molar-refractivity contribution in [2.24, 2.45) is 5.10 Å². The monoisotopic (exact) mass is 436 g/mol. The SMILES string of the molecule is COc1cc(/C=N\NC(=O)c2ccc(C)cc2OC)ccc1OC(=O)c1cccc(F)c1. The van der Waals surface area contributed by atoms with Crippen LogP contribution in [-0.2, 0) is 0 Å². The molecule has 0 fully saturated rings. The first-order valence-corrected chi connectivity index (χ1v) is 9.55. The zero-order chi connectivity index (χ0) is 23.1. The van der Waals surface area contributed by atoms with Crippen LogP contribution in [0, 0.1) is 12.7 Å². The van der Waals surface area contributed by atoms with E-state index >= 15 is 0 Å². The molecule has 164 valence electrons. The maximum absolute atomic E-state index is 13.3. The number of ether oxygens (including phenoxy) is 3. The lowest BCUT2D eigenvalue weighted by Crippen LogP contribution is -2.18. The molecule has 7 nitrogen and oxygen atoms in total. The first kappa shape index (κ1) is 22.5. The number of carbonyl (C=O) groups excluding carboxylic acids is 2. The number of rotatable bonds is 7. The van der Waals surface area contributed by atoms with Crippen LogP contribution in [-0.4, -0.2) is 32.3 Å². The second kappa shape index (κ2) is 10.2. The topological polar surface area (TPSA) is 86.2 Å². The van der Waals surface area contributed by atoms with E-state index in [9.17, 15) is 14.0 Å². The molecule has 1 amide bonds. The fourth-order valence-corrected chi connectivity index (χ4v) is 2.83. The molecule has 0 unspecified atom stereocenters. The lowest BCUT2D eigenvalue weighted by Gasteiger charge is -2.10. The Morgan fingerprint density at radius 1 is 0.938 bits per heavy atom. The molecule has 32 heavy (non-hydrogen) atoms. The summed E-state index contributed by atoms with van der Waals surface area (Å²) in [5.41, 5.74) is 4.42. The minimum absolute atomic E-state index is 0.0759. The van der Waals surface area contributed by atoms with E-state index in [1.54, 1.807) is 30.3 Å². The number of carbonyl (C=O) groups is 2. The summed E-state index contributed by atoms with van der Waals surface area (Å²) in [5, 5.41) is 3.95. The van der Waals surface area contributed by atoms with E-state index in [2.05, 4.69) is 10.5 Å². The lowest BCUT2D eigenvalue weighted by molar-refractivity contribution is 0.0729. The quantitative estimate of drug-likeness (QED) is 0.260. The third-order valence-corrected chi connectivity index (χ3v) is 4.43. The Bertz CT molecular complexity index is 1180. The second-order valence-electron chi connectivity index (χ2n) is 6.71. The van der Waals surface area contributed by atoms with Crippen LogP contribution in [0.15, 0.2) is 65.8 Å². The molecule has 1 N–H and O–H groups in total. The van der Waals surface area contributed by atoms with Crippen LogP contribution in [0.1, 0.15) is 31.8 Å². The van der Waals surface area contributed by atoms with E-state index in [0.29, 0.717) is 16.9 Å². The van der Waals surface area contributed by atoms with Crippen LogP contribution in [0.4, 0.5) is 4.39 Å². The van der Waals surface area contributed by atoms with E-state index in [1.807, 2.05) is 6.92 Å². The third kappa shape index (κ3) is 5.48. The fraction of sp³-hybridized carbons (Fsp3) is 0.125. The van der Waals surface area contributed by atoms with Gasteiger partial charge in [0.15, 0.2) is 11.5 Å². The fourth-order valence-electron chi connectivity index (χ4n) is 2.83. The van der Waals surface area contributed by atoms with Gasteiger partial charge in [-0.05, 0) is 66.6 Å². The summed E-state index contributed by atoms with van der Waals surface area (Å²) in [5.74, 6) is -0.807. The van der Waals surface area contributed by atoms with Gasteiger partial charge < -0.3 is 14.2 Å². The van der Waals surface area contributed by atoms with E-state index < -0.39 is 17.7 Å². The van der Waals surface area contributed by atoms with Crippen LogP contribution >= 0.6 is 0 Å². The Balaban J connectivity index is 1.70. The summed E-state index contributed by atoms with van der Waals surface area (Å²) in [6, 6.07) is 15.1. The Kier molecular flexibility index (Phi) is 7.17. The Morgan fingerprint density at radius 2 is 1.72 bits per heavy atom. The van der Waals surface area contributed by atoms with Crippen molar-refractivity contribution in [2.75, 3.05) is 14.2 Å². The highest BCUT2D eigenvalue weighted by Crippen LogP contribution is 2.28. The minimum Gasteiger partial charge on any atom is -0.496 e. The van der Waals surface area contributed by atoms with Gasteiger partial charge in [-0.2, -0.15) is 5.10 Å². The van der Waals surface area contributed by atoms with Gasteiger partial charge in [-0.25, -0.2) is 14.6 Å². The number of methoxy groups -OCH3 is 2. The number of amides is 1. The number of nitrogens with one attached hydrogen (secondary N) is 1. The van der Waals surface area contributed by atoms with Gasteiger partial charge in [0.25, 0.3) is 5.91 Å². The molecule has 0 radical (unpaired) electrons. The van der Waals surface area contributed by atoms with E-state index in [4.69, 9.17) is 14.2 Å². The largest absolute Gasteiger partial charge is 0.496 e. The lowest BCUT2D eigenvalue weighted by atomic mass is 10.1. The summed E-state index contributed by atoms with van der Waals surface area (Å²) in [7, 11) is 2.91. The number of halogens is 1. The third-order valence-electron chi connectivity index (χ3n) is 4.43. The molecule has 0 aliphatic rings. The molecule has 0 aliphatic heterocycles. The standard InChI is InChI=1S/C24H21FN2O5/c1-15-7-9-19(21(11-15)30-2)23(28)27-26-14-16-8-10-20(22(12-16)31-3)32-24(29)17-5-4-6-18(25)13-17/h4-14H,1-3H3,(H,27,28)/b26-14-. The normalized spacial score (nSPS) is 10.6. The summed E-state index contributed by atoms with van der Waals surface area (Å²) < 4.78 is 29.1. The zero-order valence-corrected chi connectivity index (χ0v) is 17.7. The van der Waals surface area contributed by atoms with Crippen LogP contribution < -0.4 is 19.6 Å². The molecule has 8 heteroatoms. The first-order valence-electron chi connectivity index (χ1n) is 9.55. The van der Waals surface area contributed by atoms with Crippen molar-refractivity contribution in [1.82, 2.24) is 5.43 Å². The first-order chi connectivity index (χ1) is 15.4. The van der Waals surface area contributed by atoms with Crippen molar-refractivity contribution in [2.45, 2.75) is 6.92 Å². The van der Waals surface area contributed by atoms with Crippen molar-refractivity contribution in [3.63, 3.8) is 0 Å². The molecule has 3 aromatic carbocycles. The van der Waals surface area contributed by atoms with Gasteiger partial charge in [-0.15, -0.1) is 0 Å². The number of nitrogens with zero attached hydrogens (tertiary/aromatic N) is 1. The molecule has 0 heterocycles. The van der Waals surface area contributed by atoms with Crippen molar-refractivity contribution in [3.05, 3.63) is 88.7 Å². The summed E-state index contributed by atoms with van der Waals surface area (Å²) in [6.07, 6.45) is 1.42. The Labute approximate surface area is 184 Å². The molecule has 0 aromatic heterocycles. The second-order valence-corrected chi connectivity index (χ2v) is 6.71. The minimum atomic E-state index is -0.719. The highest BCUT2D eigenvalue weighted by molar-refractivity contribution is 5.97. The highest BCUT2D eigenvalue weighted by Gasteiger charge is 2.14. The van der Waals surface area contributed by atoms with Crippen LogP contribution in [0.5, 0.6) is 17.2 Å². The van der Waals surface area contributed by atoms with Gasteiger partial charge in [0.05, 0.1) is 31.6 Å². The van der Waals surface area contributed by atoms with Gasteiger partial charge in [-0.1, -0.05) is 12.1 Å². The molecular weight excluding hydrogens is 415 g/mol. The average Bonchev–Trinajstić information content (AvgIpc) is 2.79. The van der Waals surface area contributed by atoms with Crippen LogP contribution in [0.2, 0.25) is 0 Å². The highest BCUT2D eigenvalue weighted by atomic mass is 19.1. The molecule has 0 saturated carbocycles. The molecule has 3 rings (SSSR count). The molecule has 0 spiro atoms. The number of hydrogen-bond acceptors (Lipinski definition) is 6. The predicted molar refractivity (Wildman–Crippen MR) is 117 cm³/mol. The number of benzene rings is 3. The molecule has 3 aromatic rings. The number of esters is 1. The Hall–Kier alpha value is -4.20. The number of hydrogen-bond donors (Lipinski definition) is 1. The Morgan fingerprint density at radius 3 is 2.44 bits per heavy atom. The van der Waals surface area contributed by atoms with Crippen molar-refractivity contribution < 1.29 is 28.2 Å². The smallest absolute Gasteiger partial charge is 0.343 e. The molecule has 0 bridgehead atoms. The van der Waals surface area contributed by atoms with Gasteiger partial charge in [0.2, 0.25) is 0 Å². The molecule has 0 saturated heterocycles. The summed E-state index contributed by atoms with van der Waals surface area (Å²) >= 11 is 0.